The summed E-state index contributed by atoms with van der Waals surface area (Å²) in [5.41, 5.74) is 1.34. The number of nitrogens with one attached hydrogen (secondary N) is 1. The van der Waals surface area contributed by atoms with E-state index in [1.54, 1.807) is 4.68 Å². The lowest BCUT2D eigenvalue weighted by atomic mass is 10.0. The molecule has 164 valence electrons. The molecule has 2 aliphatic rings. The van der Waals surface area contributed by atoms with Crippen LogP contribution in [-0.4, -0.2) is 52.9 Å². The Kier molecular flexibility index (Phi) is 7.78. The minimum atomic E-state index is -0.0286. The maximum atomic E-state index is 13.2. The van der Waals surface area contributed by atoms with Gasteiger partial charge in [0.05, 0.1) is 18.5 Å². The molecular weight excluding hydrogens is 400 g/mol. The topological polar surface area (TPSA) is 59.4 Å². The molecule has 0 bridgehead atoms. The first-order chi connectivity index (χ1) is 14.1. The molecule has 2 aromatic rings. The molecule has 1 saturated carbocycles. The molecule has 7 heteroatoms. The Bertz CT molecular complexity index is 812. The van der Waals surface area contributed by atoms with Crippen molar-refractivity contribution in [3.63, 3.8) is 0 Å². The molecule has 1 aromatic heterocycles. The van der Waals surface area contributed by atoms with E-state index in [1.165, 1.54) is 12.8 Å². The molecule has 4 rings (SSSR count). The van der Waals surface area contributed by atoms with Crippen LogP contribution in [0, 0.1) is 11.8 Å². The molecule has 1 aliphatic heterocycles. The first-order valence-electron chi connectivity index (χ1n) is 10.9. The van der Waals surface area contributed by atoms with Crippen molar-refractivity contribution < 1.29 is 9.53 Å². The van der Waals surface area contributed by atoms with E-state index in [0.717, 1.165) is 44.1 Å². The number of halogens is 1. The third-order valence-corrected chi connectivity index (χ3v) is 5.65. The van der Waals surface area contributed by atoms with Crippen molar-refractivity contribution in [1.82, 2.24) is 20.0 Å². The van der Waals surface area contributed by atoms with Gasteiger partial charge in [0.25, 0.3) is 5.91 Å². The normalized spacial score (nSPS) is 17.1. The number of amides is 1. The summed E-state index contributed by atoms with van der Waals surface area (Å²) in [6.07, 6.45) is 6.57. The lowest BCUT2D eigenvalue weighted by Gasteiger charge is -2.32. The Hall–Kier alpha value is -2.05. The van der Waals surface area contributed by atoms with Gasteiger partial charge in [-0.3, -0.25) is 4.79 Å². The number of rotatable bonds is 8. The van der Waals surface area contributed by atoms with Gasteiger partial charge < -0.3 is 15.0 Å². The number of carbonyl (C=O) groups excluding carboxylic acids is 1. The maximum Gasteiger partial charge on any atom is 0.278 e. The molecule has 2 heterocycles. The highest BCUT2D eigenvalue weighted by molar-refractivity contribution is 5.95. The molecule has 1 aromatic carbocycles. The summed E-state index contributed by atoms with van der Waals surface area (Å²) in [7, 11) is 0. The summed E-state index contributed by atoms with van der Waals surface area (Å²) in [4.78, 5) is 15.2. The van der Waals surface area contributed by atoms with Crippen LogP contribution in [0.15, 0.2) is 36.5 Å². The van der Waals surface area contributed by atoms with Gasteiger partial charge in [0.2, 0.25) is 0 Å². The fourth-order valence-corrected chi connectivity index (χ4v) is 3.67. The average molecular weight is 433 g/mol. The van der Waals surface area contributed by atoms with Gasteiger partial charge in [-0.1, -0.05) is 32.0 Å². The Morgan fingerprint density at radius 1 is 1.17 bits per heavy atom. The Morgan fingerprint density at radius 3 is 2.50 bits per heavy atom. The van der Waals surface area contributed by atoms with Crippen LogP contribution < -0.4 is 10.1 Å². The van der Waals surface area contributed by atoms with E-state index in [2.05, 4.69) is 24.3 Å². The number of para-hydroxylation sites is 1. The second-order valence-corrected chi connectivity index (χ2v) is 8.75. The number of hydrogen-bond acceptors (Lipinski definition) is 4. The van der Waals surface area contributed by atoms with Crippen LogP contribution in [-0.2, 0) is 0 Å². The molecular formula is C23H33ClN4O2. The van der Waals surface area contributed by atoms with E-state index in [9.17, 15) is 4.79 Å². The van der Waals surface area contributed by atoms with Crippen molar-refractivity contribution in [2.75, 3.05) is 26.2 Å². The minimum Gasteiger partial charge on any atom is -0.489 e. The van der Waals surface area contributed by atoms with Gasteiger partial charge in [-0.2, -0.15) is 5.10 Å². The van der Waals surface area contributed by atoms with E-state index in [-0.39, 0.29) is 18.3 Å². The minimum absolute atomic E-state index is 0. The third kappa shape index (κ3) is 5.76. The third-order valence-electron chi connectivity index (χ3n) is 5.65. The molecule has 1 aliphatic carbocycles. The van der Waals surface area contributed by atoms with Crippen LogP contribution in [0.3, 0.4) is 0 Å². The van der Waals surface area contributed by atoms with Gasteiger partial charge in [-0.05, 0) is 56.2 Å². The molecule has 1 N–H and O–H groups in total. The summed E-state index contributed by atoms with van der Waals surface area (Å²) in [5, 5.41) is 8.28. The van der Waals surface area contributed by atoms with Crippen LogP contribution in [0.5, 0.6) is 5.75 Å². The molecule has 0 unspecified atom stereocenters. The van der Waals surface area contributed by atoms with E-state index < -0.39 is 0 Å². The average Bonchev–Trinajstić information content (AvgIpc) is 3.48. The fourth-order valence-electron chi connectivity index (χ4n) is 3.67. The van der Waals surface area contributed by atoms with Crippen LogP contribution in [0.25, 0.3) is 5.69 Å². The van der Waals surface area contributed by atoms with Crippen molar-refractivity contribution in [3.8, 4) is 11.4 Å². The van der Waals surface area contributed by atoms with Crippen molar-refractivity contribution in [1.29, 1.82) is 0 Å². The Labute approximate surface area is 185 Å². The SMILES string of the molecule is CC(C)COc1cn(-c2ccccc2)nc1C(=O)N1CCC(NCC2CC2)CC1.Cl. The highest BCUT2D eigenvalue weighted by Gasteiger charge is 2.29. The fraction of sp³-hybridized carbons (Fsp3) is 0.565. The van der Waals surface area contributed by atoms with Crippen molar-refractivity contribution >= 4 is 18.3 Å². The zero-order valence-corrected chi connectivity index (χ0v) is 18.7. The second kappa shape index (κ2) is 10.3. The molecule has 1 saturated heterocycles. The standard InChI is InChI=1S/C23H32N4O2.ClH/c1-17(2)16-29-21-15-27(20-6-4-3-5-7-20)25-22(21)23(28)26-12-10-19(11-13-26)24-14-18-8-9-18;/h3-7,15,17-19,24H,8-14,16H2,1-2H3;1H. The highest BCUT2D eigenvalue weighted by atomic mass is 35.5. The summed E-state index contributed by atoms with van der Waals surface area (Å²) < 4.78 is 7.71. The van der Waals surface area contributed by atoms with Crippen LogP contribution in [0.4, 0.5) is 0 Å². The van der Waals surface area contributed by atoms with E-state index in [4.69, 9.17) is 4.74 Å². The van der Waals surface area contributed by atoms with E-state index in [0.29, 0.717) is 30.0 Å². The van der Waals surface area contributed by atoms with E-state index in [1.807, 2.05) is 41.4 Å². The number of ether oxygens (including phenoxy) is 1. The predicted molar refractivity (Wildman–Crippen MR) is 121 cm³/mol. The molecule has 30 heavy (non-hydrogen) atoms. The van der Waals surface area contributed by atoms with Crippen LogP contribution in [0.2, 0.25) is 0 Å². The van der Waals surface area contributed by atoms with E-state index >= 15 is 0 Å². The summed E-state index contributed by atoms with van der Waals surface area (Å²) in [6, 6.07) is 10.4. The zero-order chi connectivity index (χ0) is 20.2. The number of piperidine rings is 1. The predicted octanol–water partition coefficient (Wildman–Crippen LogP) is 3.93. The molecule has 2 fully saturated rings. The van der Waals surface area contributed by atoms with Gasteiger partial charge in [0.15, 0.2) is 11.4 Å². The maximum absolute atomic E-state index is 13.2. The monoisotopic (exact) mass is 432 g/mol. The summed E-state index contributed by atoms with van der Waals surface area (Å²) >= 11 is 0. The number of benzene rings is 1. The Balaban J connectivity index is 0.00000256. The van der Waals surface area contributed by atoms with Crippen molar-refractivity contribution in [2.24, 2.45) is 11.8 Å². The summed E-state index contributed by atoms with van der Waals surface area (Å²) in [6.45, 7) is 7.43. The number of nitrogens with zero attached hydrogens (tertiary/aromatic N) is 3. The smallest absolute Gasteiger partial charge is 0.278 e. The zero-order valence-electron chi connectivity index (χ0n) is 17.9. The Morgan fingerprint density at radius 2 is 1.87 bits per heavy atom. The first kappa shape index (κ1) is 22.6. The van der Waals surface area contributed by atoms with Crippen molar-refractivity contribution in [2.45, 2.75) is 45.6 Å². The van der Waals surface area contributed by atoms with Gasteiger partial charge in [-0.15, -0.1) is 12.4 Å². The summed E-state index contributed by atoms with van der Waals surface area (Å²) in [5.74, 6) is 1.81. The lowest BCUT2D eigenvalue weighted by molar-refractivity contribution is 0.0693. The number of aromatic nitrogens is 2. The molecule has 0 radical (unpaired) electrons. The lowest BCUT2D eigenvalue weighted by Crippen LogP contribution is -2.45. The van der Waals surface area contributed by atoms with Crippen LogP contribution in [0.1, 0.15) is 50.0 Å². The van der Waals surface area contributed by atoms with Crippen molar-refractivity contribution in [3.05, 3.63) is 42.2 Å². The quantitative estimate of drug-likeness (QED) is 0.686. The van der Waals surface area contributed by atoms with Crippen LogP contribution >= 0.6 is 12.4 Å². The molecule has 6 nitrogen and oxygen atoms in total. The number of likely N-dealkylation sites (tertiary alicyclic amines) is 1. The van der Waals surface area contributed by atoms with Gasteiger partial charge in [0, 0.05) is 19.1 Å². The molecule has 1 amide bonds. The molecule has 0 spiro atoms. The number of carbonyl (C=O) groups is 1. The first-order valence-corrected chi connectivity index (χ1v) is 10.9. The second-order valence-electron chi connectivity index (χ2n) is 8.75. The van der Waals surface area contributed by atoms with Gasteiger partial charge >= 0.3 is 0 Å². The number of hydrogen-bond donors (Lipinski definition) is 1. The largest absolute Gasteiger partial charge is 0.489 e. The van der Waals surface area contributed by atoms with Gasteiger partial charge in [-0.25, -0.2) is 4.68 Å². The highest BCUT2D eigenvalue weighted by Crippen LogP contribution is 2.28. The molecule has 0 atom stereocenters. The van der Waals surface area contributed by atoms with Gasteiger partial charge in [0.1, 0.15) is 0 Å².